The van der Waals surface area contributed by atoms with E-state index in [2.05, 4.69) is 4.72 Å². The molecule has 0 saturated heterocycles. The molecule has 2 N–H and O–H groups in total. The fourth-order valence-electron chi connectivity index (χ4n) is 1.70. The van der Waals surface area contributed by atoms with Gasteiger partial charge < -0.3 is 5.11 Å². The van der Waals surface area contributed by atoms with Gasteiger partial charge >= 0.3 is 5.97 Å². The number of hydrogen-bond acceptors (Lipinski definition) is 3. The van der Waals surface area contributed by atoms with Crippen LogP contribution >= 0.6 is 0 Å². The third kappa shape index (κ3) is 3.93. The highest BCUT2D eigenvalue weighted by Gasteiger charge is 2.14. The second-order valence-electron chi connectivity index (χ2n) is 4.18. The lowest BCUT2D eigenvalue weighted by molar-refractivity contribution is -0.131. The summed E-state index contributed by atoms with van der Waals surface area (Å²) >= 11 is 0. The van der Waals surface area contributed by atoms with E-state index in [4.69, 9.17) is 5.11 Å². The lowest BCUT2D eigenvalue weighted by Crippen LogP contribution is -2.13. The SMILES string of the molecule is O=C(O)/C=C/c1ccccc1NS(=O)(=O)c1ccccc1. The van der Waals surface area contributed by atoms with E-state index in [-0.39, 0.29) is 4.90 Å². The average molecular weight is 303 g/mol. The number of nitrogens with one attached hydrogen (secondary N) is 1. The summed E-state index contributed by atoms with van der Waals surface area (Å²) in [5.41, 5.74) is 0.790. The van der Waals surface area contributed by atoms with Crippen LogP contribution in [0.3, 0.4) is 0 Å². The molecule has 0 unspecified atom stereocenters. The second kappa shape index (κ2) is 6.23. The number of carbonyl (C=O) groups is 1. The molecule has 0 heterocycles. The molecule has 0 atom stereocenters. The number of hydrogen-bond donors (Lipinski definition) is 2. The fourth-order valence-corrected chi connectivity index (χ4v) is 2.81. The zero-order valence-corrected chi connectivity index (χ0v) is 11.7. The van der Waals surface area contributed by atoms with Crippen molar-refractivity contribution < 1.29 is 18.3 Å². The molecule has 2 rings (SSSR count). The summed E-state index contributed by atoms with van der Waals surface area (Å²) in [6, 6.07) is 14.5. The van der Waals surface area contributed by atoms with E-state index in [9.17, 15) is 13.2 Å². The Hall–Kier alpha value is -2.60. The molecule has 0 spiro atoms. The molecule has 2 aromatic carbocycles. The van der Waals surface area contributed by atoms with Gasteiger partial charge in [0, 0.05) is 6.08 Å². The molecule has 108 valence electrons. The average Bonchev–Trinajstić information content (AvgIpc) is 2.47. The number of para-hydroxylation sites is 1. The van der Waals surface area contributed by atoms with Crippen LogP contribution in [0.25, 0.3) is 6.08 Å². The van der Waals surface area contributed by atoms with Crippen LogP contribution in [-0.4, -0.2) is 19.5 Å². The second-order valence-corrected chi connectivity index (χ2v) is 5.86. The predicted molar refractivity (Wildman–Crippen MR) is 80.4 cm³/mol. The molecular weight excluding hydrogens is 290 g/mol. The summed E-state index contributed by atoms with van der Waals surface area (Å²) < 4.78 is 26.9. The summed E-state index contributed by atoms with van der Waals surface area (Å²) in [5.74, 6) is -1.10. The minimum absolute atomic E-state index is 0.141. The van der Waals surface area contributed by atoms with Crippen LogP contribution in [0.2, 0.25) is 0 Å². The number of aliphatic carboxylic acids is 1. The first kappa shape index (κ1) is 14.8. The maximum absolute atomic E-state index is 12.2. The molecule has 0 aliphatic heterocycles. The number of benzene rings is 2. The molecule has 0 aromatic heterocycles. The van der Waals surface area contributed by atoms with Crippen LogP contribution in [0.15, 0.2) is 65.6 Å². The van der Waals surface area contributed by atoms with Gasteiger partial charge in [0.05, 0.1) is 10.6 Å². The van der Waals surface area contributed by atoms with E-state index < -0.39 is 16.0 Å². The highest BCUT2D eigenvalue weighted by atomic mass is 32.2. The van der Waals surface area contributed by atoms with Gasteiger partial charge in [-0.05, 0) is 29.8 Å². The van der Waals surface area contributed by atoms with Crippen molar-refractivity contribution in [2.45, 2.75) is 4.90 Å². The van der Waals surface area contributed by atoms with Crippen LogP contribution in [0.5, 0.6) is 0 Å². The molecule has 21 heavy (non-hydrogen) atoms. The molecule has 6 heteroatoms. The summed E-state index contributed by atoms with van der Waals surface area (Å²) in [6.07, 6.45) is 2.29. The highest BCUT2D eigenvalue weighted by molar-refractivity contribution is 7.92. The van der Waals surface area contributed by atoms with E-state index in [1.54, 1.807) is 42.5 Å². The van der Waals surface area contributed by atoms with E-state index in [0.717, 1.165) is 6.08 Å². The minimum atomic E-state index is -3.71. The molecule has 0 radical (unpaired) electrons. The molecule has 0 aliphatic rings. The molecule has 0 amide bonds. The first-order chi connectivity index (χ1) is 9.99. The zero-order valence-electron chi connectivity index (χ0n) is 10.9. The van der Waals surface area contributed by atoms with Gasteiger partial charge in [0.2, 0.25) is 0 Å². The Morgan fingerprint density at radius 3 is 2.29 bits per heavy atom. The Labute approximate surface area is 122 Å². The number of sulfonamides is 1. The number of rotatable bonds is 5. The minimum Gasteiger partial charge on any atom is -0.478 e. The summed E-state index contributed by atoms with van der Waals surface area (Å²) in [6.45, 7) is 0. The molecule has 0 bridgehead atoms. The third-order valence-electron chi connectivity index (χ3n) is 2.66. The maximum atomic E-state index is 12.2. The van der Waals surface area contributed by atoms with Crippen LogP contribution in [0.1, 0.15) is 5.56 Å². The Morgan fingerprint density at radius 2 is 1.62 bits per heavy atom. The van der Waals surface area contributed by atoms with Crippen LogP contribution in [0, 0.1) is 0 Å². The van der Waals surface area contributed by atoms with Gasteiger partial charge in [-0.3, -0.25) is 4.72 Å². The van der Waals surface area contributed by atoms with Gasteiger partial charge in [-0.25, -0.2) is 13.2 Å². The van der Waals surface area contributed by atoms with Gasteiger partial charge in [-0.2, -0.15) is 0 Å². The predicted octanol–water partition coefficient (Wildman–Crippen LogP) is 2.59. The quantitative estimate of drug-likeness (QED) is 0.832. The molecule has 0 saturated carbocycles. The number of carboxylic acid groups (broad SMARTS) is 1. The Bertz CT molecular complexity index is 767. The summed E-state index contributed by atoms with van der Waals surface area (Å²) in [5, 5.41) is 8.65. The van der Waals surface area contributed by atoms with E-state index in [1.165, 1.54) is 18.2 Å². The summed E-state index contributed by atoms with van der Waals surface area (Å²) in [7, 11) is -3.71. The molecular formula is C15H13NO4S. The largest absolute Gasteiger partial charge is 0.478 e. The van der Waals surface area contributed by atoms with Gasteiger partial charge in [-0.1, -0.05) is 36.4 Å². The number of anilines is 1. The van der Waals surface area contributed by atoms with E-state index in [1.807, 2.05) is 0 Å². The third-order valence-corrected chi connectivity index (χ3v) is 4.05. The number of carboxylic acids is 1. The highest BCUT2D eigenvalue weighted by Crippen LogP contribution is 2.21. The van der Waals surface area contributed by atoms with Crippen molar-refractivity contribution in [2.75, 3.05) is 4.72 Å². The van der Waals surface area contributed by atoms with Gasteiger partial charge in [0.15, 0.2) is 0 Å². The zero-order chi connectivity index (χ0) is 15.3. The normalized spacial score (nSPS) is 11.4. The first-order valence-corrected chi connectivity index (χ1v) is 7.55. The monoisotopic (exact) mass is 303 g/mol. The fraction of sp³-hybridized carbons (Fsp3) is 0. The topological polar surface area (TPSA) is 83.5 Å². The Balaban J connectivity index is 2.34. The van der Waals surface area contributed by atoms with Gasteiger partial charge in [0.1, 0.15) is 0 Å². The molecule has 0 fully saturated rings. The van der Waals surface area contributed by atoms with Crippen molar-refractivity contribution in [1.29, 1.82) is 0 Å². The van der Waals surface area contributed by atoms with Crippen LogP contribution in [0.4, 0.5) is 5.69 Å². The summed E-state index contributed by atoms with van der Waals surface area (Å²) in [4.78, 5) is 10.7. The lowest BCUT2D eigenvalue weighted by atomic mass is 10.2. The first-order valence-electron chi connectivity index (χ1n) is 6.07. The smallest absolute Gasteiger partial charge is 0.328 e. The molecule has 5 nitrogen and oxygen atoms in total. The standard InChI is InChI=1S/C15H13NO4S/c17-15(18)11-10-12-6-4-5-9-14(12)16-21(19,20)13-7-2-1-3-8-13/h1-11,16H,(H,17,18)/b11-10+. The van der Waals surface area contributed by atoms with Crippen LogP contribution < -0.4 is 4.72 Å². The van der Waals surface area contributed by atoms with Crippen molar-refractivity contribution in [3.05, 3.63) is 66.2 Å². The van der Waals surface area contributed by atoms with Gasteiger partial charge in [0.25, 0.3) is 10.0 Å². The van der Waals surface area contributed by atoms with Crippen LogP contribution in [-0.2, 0) is 14.8 Å². The van der Waals surface area contributed by atoms with Crippen molar-refractivity contribution in [3.63, 3.8) is 0 Å². The molecule has 2 aromatic rings. The van der Waals surface area contributed by atoms with Crippen molar-refractivity contribution >= 4 is 27.8 Å². The lowest BCUT2D eigenvalue weighted by Gasteiger charge is -2.10. The Morgan fingerprint density at radius 1 is 1.00 bits per heavy atom. The van der Waals surface area contributed by atoms with Crippen molar-refractivity contribution in [3.8, 4) is 0 Å². The molecule has 0 aliphatic carbocycles. The van der Waals surface area contributed by atoms with Crippen molar-refractivity contribution in [2.24, 2.45) is 0 Å². The maximum Gasteiger partial charge on any atom is 0.328 e. The Kier molecular flexibility index (Phi) is 4.39. The van der Waals surface area contributed by atoms with Crippen molar-refractivity contribution in [1.82, 2.24) is 0 Å². The van der Waals surface area contributed by atoms with Gasteiger partial charge in [-0.15, -0.1) is 0 Å². The van der Waals surface area contributed by atoms with E-state index >= 15 is 0 Å². The van der Waals surface area contributed by atoms with E-state index in [0.29, 0.717) is 11.3 Å².